The Bertz CT molecular complexity index is 1100. The summed E-state index contributed by atoms with van der Waals surface area (Å²) >= 11 is 2.62. The second-order valence-electron chi connectivity index (χ2n) is 7.81. The highest BCUT2D eigenvalue weighted by atomic mass is 32.1. The van der Waals surface area contributed by atoms with E-state index in [1.165, 1.54) is 45.8 Å². The molecule has 0 radical (unpaired) electrons. The summed E-state index contributed by atoms with van der Waals surface area (Å²) in [5.74, 6) is -1.72. The Balaban J connectivity index is 1.63. The van der Waals surface area contributed by atoms with E-state index in [-0.39, 0.29) is 30.1 Å². The minimum Gasteiger partial charge on any atom is -0.351 e. The molecule has 0 bridgehead atoms. The first-order chi connectivity index (χ1) is 16.0. The number of amides is 3. The number of nitrogens with zero attached hydrogens (tertiary/aromatic N) is 1. The van der Waals surface area contributed by atoms with Crippen LogP contribution in [0.5, 0.6) is 0 Å². The van der Waals surface area contributed by atoms with E-state index in [0.717, 1.165) is 25.7 Å². The fourth-order valence-electron chi connectivity index (χ4n) is 3.97. The molecule has 2 aromatic heterocycles. The Hall–Kier alpha value is -3.04. The molecule has 1 aromatic carbocycles. The van der Waals surface area contributed by atoms with Crippen molar-refractivity contribution < 1.29 is 18.8 Å². The van der Waals surface area contributed by atoms with Crippen molar-refractivity contribution in [3.8, 4) is 0 Å². The topological polar surface area (TPSA) is 78.5 Å². The van der Waals surface area contributed by atoms with Gasteiger partial charge in [-0.1, -0.05) is 31.0 Å². The summed E-state index contributed by atoms with van der Waals surface area (Å²) in [7, 11) is 0. The zero-order valence-electron chi connectivity index (χ0n) is 17.8. The zero-order valence-corrected chi connectivity index (χ0v) is 19.5. The summed E-state index contributed by atoms with van der Waals surface area (Å²) in [6.45, 7) is -0.328. The van der Waals surface area contributed by atoms with E-state index >= 15 is 0 Å². The van der Waals surface area contributed by atoms with Crippen LogP contribution in [0.25, 0.3) is 0 Å². The van der Waals surface area contributed by atoms with E-state index < -0.39 is 17.8 Å². The number of thiophene rings is 2. The van der Waals surface area contributed by atoms with Gasteiger partial charge in [-0.2, -0.15) is 0 Å². The lowest BCUT2D eigenvalue weighted by molar-refractivity contribution is -0.126. The minimum absolute atomic E-state index is 0.0583. The molecule has 1 unspecified atom stereocenters. The number of hydrogen-bond acceptors (Lipinski definition) is 5. The van der Waals surface area contributed by atoms with Crippen LogP contribution in [0.15, 0.2) is 59.3 Å². The number of rotatable bonds is 8. The molecule has 1 atom stereocenters. The molecular weight excluding hydrogens is 461 g/mol. The van der Waals surface area contributed by atoms with Crippen LogP contribution in [0, 0.1) is 5.82 Å². The molecule has 1 aliphatic carbocycles. The molecule has 1 fully saturated rings. The van der Waals surface area contributed by atoms with E-state index in [1.54, 1.807) is 29.6 Å². The molecule has 3 amide bonds. The lowest BCUT2D eigenvalue weighted by atomic mass is 10.1. The van der Waals surface area contributed by atoms with Gasteiger partial charge in [-0.3, -0.25) is 19.3 Å². The van der Waals surface area contributed by atoms with Gasteiger partial charge in [0.05, 0.1) is 11.4 Å². The van der Waals surface area contributed by atoms with E-state index in [4.69, 9.17) is 0 Å². The van der Waals surface area contributed by atoms with Gasteiger partial charge in [0.25, 0.3) is 5.91 Å². The Morgan fingerprint density at radius 1 is 1.03 bits per heavy atom. The molecule has 33 heavy (non-hydrogen) atoms. The fraction of sp³-hybridized carbons (Fsp3) is 0.292. The Labute approximate surface area is 199 Å². The first-order valence-electron chi connectivity index (χ1n) is 10.8. The summed E-state index contributed by atoms with van der Waals surface area (Å²) < 4.78 is 14.1. The molecule has 172 valence electrons. The van der Waals surface area contributed by atoms with Crippen molar-refractivity contribution in [3.63, 3.8) is 0 Å². The van der Waals surface area contributed by atoms with Crippen molar-refractivity contribution >= 4 is 46.1 Å². The van der Waals surface area contributed by atoms with Gasteiger partial charge >= 0.3 is 0 Å². The molecular formula is C24H24FN3O3S2. The summed E-state index contributed by atoms with van der Waals surface area (Å²) in [6.07, 6.45) is 3.90. The number of halogens is 1. The molecule has 1 saturated carbocycles. The highest BCUT2D eigenvalue weighted by Crippen LogP contribution is 2.32. The minimum atomic E-state index is -0.974. The molecule has 0 saturated heterocycles. The lowest BCUT2D eigenvalue weighted by Crippen LogP contribution is -2.49. The van der Waals surface area contributed by atoms with Crippen LogP contribution >= 0.6 is 22.7 Å². The third kappa shape index (κ3) is 5.66. The number of nitrogens with one attached hydrogen (secondary N) is 2. The van der Waals surface area contributed by atoms with Crippen molar-refractivity contribution in [1.29, 1.82) is 0 Å². The van der Waals surface area contributed by atoms with Gasteiger partial charge in [-0.15, -0.1) is 22.7 Å². The molecule has 3 aromatic rings. The molecule has 1 aliphatic rings. The van der Waals surface area contributed by atoms with Gasteiger partial charge in [0.1, 0.15) is 11.9 Å². The monoisotopic (exact) mass is 485 g/mol. The highest BCUT2D eigenvalue weighted by molar-refractivity contribution is 7.12. The number of hydrogen-bond donors (Lipinski definition) is 2. The third-order valence-electron chi connectivity index (χ3n) is 5.52. The van der Waals surface area contributed by atoms with Gasteiger partial charge < -0.3 is 10.6 Å². The second kappa shape index (κ2) is 10.7. The van der Waals surface area contributed by atoms with Gasteiger partial charge in [0.15, 0.2) is 0 Å². The second-order valence-corrected chi connectivity index (χ2v) is 9.74. The number of anilines is 1. The SMILES string of the molecule is O=C(NCC(=O)N(c1cccc(F)c1)C(C(=O)NC1CCCC1)c1cccs1)c1cccs1. The predicted molar refractivity (Wildman–Crippen MR) is 128 cm³/mol. The van der Waals surface area contributed by atoms with Crippen molar-refractivity contribution in [2.75, 3.05) is 11.4 Å². The Morgan fingerprint density at radius 3 is 2.45 bits per heavy atom. The predicted octanol–water partition coefficient (Wildman–Crippen LogP) is 4.51. The van der Waals surface area contributed by atoms with Crippen LogP contribution in [-0.4, -0.2) is 30.3 Å². The molecule has 2 N–H and O–H groups in total. The van der Waals surface area contributed by atoms with Crippen LogP contribution in [-0.2, 0) is 9.59 Å². The largest absolute Gasteiger partial charge is 0.351 e. The van der Waals surface area contributed by atoms with Crippen LogP contribution in [0.4, 0.5) is 10.1 Å². The van der Waals surface area contributed by atoms with Gasteiger partial charge in [0.2, 0.25) is 11.8 Å². The smallest absolute Gasteiger partial charge is 0.261 e. The van der Waals surface area contributed by atoms with Gasteiger partial charge in [-0.25, -0.2) is 4.39 Å². The molecule has 0 spiro atoms. The Kier molecular flexibility index (Phi) is 7.51. The quantitative estimate of drug-likeness (QED) is 0.493. The van der Waals surface area contributed by atoms with Crippen molar-refractivity contribution in [3.05, 3.63) is 74.9 Å². The van der Waals surface area contributed by atoms with E-state index in [9.17, 15) is 18.8 Å². The number of benzene rings is 1. The number of carbonyl (C=O) groups excluding carboxylic acids is 3. The van der Waals surface area contributed by atoms with Crippen molar-refractivity contribution in [1.82, 2.24) is 10.6 Å². The molecule has 0 aliphatic heterocycles. The third-order valence-corrected chi connectivity index (χ3v) is 7.31. The maximum atomic E-state index is 14.1. The van der Waals surface area contributed by atoms with Crippen LogP contribution < -0.4 is 15.5 Å². The van der Waals surface area contributed by atoms with Crippen LogP contribution in [0.2, 0.25) is 0 Å². The van der Waals surface area contributed by atoms with Gasteiger partial charge in [-0.05, 0) is 53.9 Å². The fourth-order valence-corrected chi connectivity index (χ4v) is 5.42. The van der Waals surface area contributed by atoms with Gasteiger partial charge in [0, 0.05) is 16.6 Å². The molecule has 4 rings (SSSR count). The lowest BCUT2D eigenvalue weighted by Gasteiger charge is -2.31. The molecule has 6 nitrogen and oxygen atoms in total. The Morgan fingerprint density at radius 2 is 1.79 bits per heavy atom. The summed E-state index contributed by atoms with van der Waals surface area (Å²) in [4.78, 5) is 41.7. The van der Waals surface area contributed by atoms with Crippen molar-refractivity contribution in [2.24, 2.45) is 0 Å². The normalized spacial score (nSPS) is 14.6. The average Bonchev–Trinajstić information content (AvgIpc) is 3.58. The first-order valence-corrected chi connectivity index (χ1v) is 12.5. The number of carbonyl (C=O) groups is 3. The summed E-state index contributed by atoms with van der Waals surface area (Å²) in [6, 6.07) is 11.7. The standard InChI is InChI=1S/C24H24FN3O3S2/c25-16-6-3-9-18(14-16)28(21(29)15-26-23(30)20-11-5-13-33-20)22(19-10-4-12-32-19)24(31)27-17-7-1-2-8-17/h3-6,9-14,17,22H,1-2,7-8,15H2,(H,26,30)(H,27,31). The maximum Gasteiger partial charge on any atom is 0.261 e. The molecule has 9 heteroatoms. The van der Waals surface area contributed by atoms with Crippen LogP contribution in [0.3, 0.4) is 0 Å². The molecule has 2 heterocycles. The van der Waals surface area contributed by atoms with E-state index in [2.05, 4.69) is 10.6 Å². The van der Waals surface area contributed by atoms with E-state index in [1.807, 2.05) is 11.4 Å². The first kappa shape index (κ1) is 23.1. The maximum absolute atomic E-state index is 14.1. The zero-order chi connectivity index (χ0) is 23.2. The van der Waals surface area contributed by atoms with Crippen LogP contribution in [0.1, 0.15) is 46.3 Å². The summed E-state index contributed by atoms with van der Waals surface area (Å²) in [5, 5.41) is 9.29. The van der Waals surface area contributed by atoms with Crippen molar-refractivity contribution in [2.45, 2.75) is 37.8 Å². The highest BCUT2D eigenvalue weighted by Gasteiger charge is 2.35. The van der Waals surface area contributed by atoms with E-state index in [0.29, 0.717) is 9.75 Å². The summed E-state index contributed by atoms with van der Waals surface area (Å²) in [5.41, 5.74) is 0.255. The average molecular weight is 486 g/mol.